The average molecular weight is 457 g/mol. The number of nitrogens with one attached hydrogen (secondary N) is 1. The zero-order valence-electron chi connectivity index (χ0n) is 17.6. The summed E-state index contributed by atoms with van der Waals surface area (Å²) < 4.78 is 5.33. The molecule has 0 bridgehead atoms. The van der Waals surface area contributed by atoms with Crippen LogP contribution in [-0.4, -0.2) is 53.3 Å². The number of rotatable bonds is 4. The minimum atomic E-state index is -0.492. The van der Waals surface area contributed by atoms with Crippen LogP contribution < -0.4 is 10.1 Å². The van der Waals surface area contributed by atoms with Crippen molar-refractivity contribution >= 4 is 45.8 Å². The van der Waals surface area contributed by atoms with Gasteiger partial charge in [0.25, 0.3) is 0 Å². The van der Waals surface area contributed by atoms with Crippen LogP contribution >= 0.6 is 23.4 Å². The number of benzene rings is 2. The molecule has 1 saturated heterocycles. The summed E-state index contributed by atoms with van der Waals surface area (Å²) in [5.41, 5.74) is 2.12. The van der Waals surface area contributed by atoms with Crippen LogP contribution in [0.1, 0.15) is 25.3 Å². The molecule has 1 N–H and O–H groups in total. The van der Waals surface area contributed by atoms with Crippen molar-refractivity contribution in [1.29, 1.82) is 0 Å². The number of ether oxygens (including phenoxy) is 1. The zero-order valence-corrected chi connectivity index (χ0v) is 19.2. The Kier molecular flexibility index (Phi) is 6.53. The summed E-state index contributed by atoms with van der Waals surface area (Å²) in [6.07, 6.45) is 1.38. The third kappa shape index (κ3) is 4.72. The number of aliphatic imine (C=N–C) groups is 2. The number of likely N-dealkylation sites (tertiary alicyclic amines) is 1. The van der Waals surface area contributed by atoms with Gasteiger partial charge in [-0.1, -0.05) is 42.8 Å². The number of para-hydroxylation sites is 2. The summed E-state index contributed by atoms with van der Waals surface area (Å²) in [6.45, 7) is 3.29. The Morgan fingerprint density at radius 1 is 1.16 bits per heavy atom. The van der Waals surface area contributed by atoms with Crippen molar-refractivity contribution in [1.82, 2.24) is 4.90 Å². The molecule has 2 aliphatic heterocycles. The first-order valence-electron chi connectivity index (χ1n) is 10.3. The maximum atomic E-state index is 12.8. The summed E-state index contributed by atoms with van der Waals surface area (Å²) in [5, 5.41) is 4.62. The molecule has 4 rings (SSSR count). The van der Waals surface area contributed by atoms with Crippen LogP contribution in [0.4, 0.5) is 10.5 Å². The largest absolute Gasteiger partial charge is 0.495 e. The van der Waals surface area contributed by atoms with E-state index in [0.29, 0.717) is 42.4 Å². The molecule has 162 valence electrons. The predicted molar refractivity (Wildman–Crippen MR) is 129 cm³/mol. The van der Waals surface area contributed by atoms with Gasteiger partial charge in [0.15, 0.2) is 5.66 Å². The van der Waals surface area contributed by atoms with Crippen LogP contribution in [0.15, 0.2) is 58.5 Å². The molecule has 8 heteroatoms. The molecule has 31 heavy (non-hydrogen) atoms. The van der Waals surface area contributed by atoms with Gasteiger partial charge in [-0.05, 0) is 30.0 Å². The highest BCUT2D eigenvalue weighted by Crippen LogP contribution is 2.36. The molecule has 2 heterocycles. The minimum Gasteiger partial charge on any atom is -0.495 e. The molecule has 2 aromatic carbocycles. The van der Waals surface area contributed by atoms with Gasteiger partial charge in [0.2, 0.25) is 0 Å². The monoisotopic (exact) mass is 456 g/mol. The molecule has 2 aliphatic rings. The number of hydrogen-bond acceptors (Lipinski definition) is 5. The van der Waals surface area contributed by atoms with Crippen molar-refractivity contribution in [3.63, 3.8) is 0 Å². The Balaban J connectivity index is 1.47. The van der Waals surface area contributed by atoms with Gasteiger partial charge in [0.1, 0.15) is 10.8 Å². The molecular weight excluding hydrogens is 432 g/mol. The van der Waals surface area contributed by atoms with E-state index in [0.717, 1.165) is 22.1 Å². The third-order valence-corrected chi connectivity index (χ3v) is 6.53. The lowest BCUT2D eigenvalue weighted by atomic mass is 9.98. The molecule has 1 spiro atoms. The van der Waals surface area contributed by atoms with Crippen molar-refractivity contribution in [2.75, 3.05) is 31.3 Å². The summed E-state index contributed by atoms with van der Waals surface area (Å²) in [4.78, 5) is 24.7. The number of nitrogens with zero attached hydrogens (tertiary/aromatic N) is 3. The Morgan fingerprint density at radius 2 is 1.87 bits per heavy atom. The van der Waals surface area contributed by atoms with E-state index in [1.807, 2.05) is 53.4 Å². The topological polar surface area (TPSA) is 66.3 Å². The first-order chi connectivity index (χ1) is 15.0. The Hall–Kier alpha value is -2.51. The van der Waals surface area contributed by atoms with E-state index in [1.165, 1.54) is 0 Å². The smallest absolute Gasteiger partial charge is 0.321 e. The Morgan fingerprint density at radius 3 is 2.55 bits per heavy atom. The second-order valence-corrected chi connectivity index (χ2v) is 9.11. The lowest BCUT2D eigenvalue weighted by Gasteiger charge is -2.35. The van der Waals surface area contributed by atoms with Gasteiger partial charge in [0.05, 0.1) is 18.5 Å². The number of anilines is 1. The molecule has 0 saturated carbocycles. The highest BCUT2D eigenvalue weighted by molar-refractivity contribution is 8.15. The molecule has 1 fully saturated rings. The highest BCUT2D eigenvalue weighted by Gasteiger charge is 2.40. The molecule has 2 amide bonds. The van der Waals surface area contributed by atoms with E-state index in [1.54, 1.807) is 18.9 Å². The van der Waals surface area contributed by atoms with Crippen molar-refractivity contribution in [3.8, 4) is 5.75 Å². The van der Waals surface area contributed by atoms with Crippen molar-refractivity contribution in [3.05, 3.63) is 59.1 Å². The van der Waals surface area contributed by atoms with Gasteiger partial charge in [-0.3, -0.25) is 4.99 Å². The summed E-state index contributed by atoms with van der Waals surface area (Å²) in [7, 11) is 1.59. The molecule has 0 atom stereocenters. The number of thioether (sulfide) groups is 1. The molecule has 0 aromatic heterocycles. The third-order valence-electron chi connectivity index (χ3n) is 5.43. The van der Waals surface area contributed by atoms with Gasteiger partial charge >= 0.3 is 6.03 Å². The molecule has 0 unspecified atom stereocenters. The maximum Gasteiger partial charge on any atom is 0.321 e. The predicted octanol–water partition coefficient (Wildman–Crippen LogP) is 5.33. The normalized spacial score (nSPS) is 17.3. The molecule has 2 aromatic rings. The number of halogens is 1. The van der Waals surface area contributed by atoms with Gasteiger partial charge in [-0.25, -0.2) is 9.79 Å². The standard InChI is InChI=1S/C23H25ClN4O2S/c1-3-31-21-20(16-8-10-17(24)11-9-16)26-23(27-21)12-14-28(15-13-23)22(29)25-18-6-4-5-7-19(18)30-2/h4-11H,3,12-15H2,1-2H3,(H,25,29). The van der Waals surface area contributed by atoms with Crippen LogP contribution in [0.25, 0.3) is 0 Å². The average Bonchev–Trinajstić information content (AvgIpc) is 3.13. The zero-order chi connectivity index (χ0) is 21.8. The van der Waals surface area contributed by atoms with E-state index in [9.17, 15) is 4.79 Å². The number of hydrogen-bond donors (Lipinski definition) is 1. The number of amides is 2. The van der Waals surface area contributed by atoms with E-state index >= 15 is 0 Å². The highest BCUT2D eigenvalue weighted by atomic mass is 35.5. The first kappa shape index (κ1) is 21.7. The lowest BCUT2D eigenvalue weighted by molar-refractivity contribution is 0.175. The van der Waals surface area contributed by atoms with Crippen LogP contribution in [0.2, 0.25) is 5.02 Å². The molecule has 0 radical (unpaired) electrons. The first-order valence-corrected chi connectivity index (χ1v) is 11.7. The summed E-state index contributed by atoms with van der Waals surface area (Å²) in [5.74, 6) is 1.57. The van der Waals surface area contributed by atoms with E-state index in [4.69, 9.17) is 26.3 Å². The number of carbonyl (C=O) groups excluding carboxylic acids is 1. The van der Waals surface area contributed by atoms with E-state index < -0.39 is 5.66 Å². The van der Waals surface area contributed by atoms with Crippen LogP contribution in [0, 0.1) is 0 Å². The summed E-state index contributed by atoms with van der Waals surface area (Å²) in [6, 6.07) is 15.0. The minimum absolute atomic E-state index is 0.133. The second kappa shape index (κ2) is 9.32. The van der Waals surface area contributed by atoms with Crippen molar-refractivity contribution < 1.29 is 9.53 Å². The van der Waals surface area contributed by atoms with Gasteiger partial charge < -0.3 is 15.0 Å². The fraction of sp³-hybridized carbons (Fsp3) is 0.348. The summed E-state index contributed by atoms with van der Waals surface area (Å²) >= 11 is 7.76. The van der Waals surface area contributed by atoms with Gasteiger partial charge in [-0.2, -0.15) is 0 Å². The van der Waals surface area contributed by atoms with E-state index in [-0.39, 0.29) is 6.03 Å². The van der Waals surface area contributed by atoms with Crippen LogP contribution in [0.5, 0.6) is 5.75 Å². The van der Waals surface area contributed by atoms with Gasteiger partial charge in [0, 0.05) is 36.5 Å². The fourth-order valence-electron chi connectivity index (χ4n) is 3.79. The number of piperidine rings is 1. The second-order valence-electron chi connectivity index (χ2n) is 7.42. The molecule has 0 aliphatic carbocycles. The Bertz CT molecular complexity index is 1010. The fourth-order valence-corrected chi connectivity index (χ4v) is 4.72. The maximum absolute atomic E-state index is 12.8. The SMILES string of the molecule is CCSC1=NC2(CCN(C(=O)Nc3ccccc3OC)CC2)N=C1c1ccc(Cl)cc1. The lowest BCUT2D eigenvalue weighted by Crippen LogP contribution is -2.46. The molecule has 6 nitrogen and oxygen atoms in total. The van der Waals surface area contributed by atoms with E-state index in [2.05, 4.69) is 12.2 Å². The number of carbonyl (C=O) groups is 1. The van der Waals surface area contributed by atoms with Crippen molar-refractivity contribution in [2.45, 2.75) is 25.4 Å². The van der Waals surface area contributed by atoms with Crippen molar-refractivity contribution in [2.24, 2.45) is 9.98 Å². The number of methoxy groups -OCH3 is 1. The Labute approximate surface area is 191 Å². The quantitative estimate of drug-likeness (QED) is 0.676. The number of urea groups is 1. The molecular formula is C23H25ClN4O2S. The van der Waals surface area contributed by atoms with Crippen LogP contribution in [0.3, 0.4) is 0 Å². The van der Waals surface area contributed by atoms with Gasteiger partial charge in [-0.15, -0.1) is 11.8 Å². The van der Waals surface area contributed by atoms with Crippen LogP contribution in [-0.2, 0) is 0 Å².